The summed E-state index contributed by atoms with van der Waals surface area (Å²) < 4.78 is 5.22. The third-order valence-electron chi connectivity index (χ3n) is 3.80. The van der Waals surface area contributed by atoms with Gasteiger partial charge in [0.05, 0.1) is 5.25 Å². The van der Waals surface area contributed by atoms with Crippen LogP contribution in [0.4, 0.5) is 0 Å². The Bertz CT molecular complexity index is 514. The highest BCUT2D eigenvalue weighted by Gasteiger charge is 2.42. The molecule has 0 radical (unpaired) electrons. The van der Waals surface area contributed by atoms with Gasteiger partial charge in [-0.3, -0.25) is 4.79 Å². The molecular formula is C16H21NO4S. The Hall–Kier alpha value is -1.53. The molecule has 1 aromatic carbocycles. The number of rotatable bonds is 6. The van der Waals surface area contributed by atoms with Crippen molar-refractivity contribution >= 4 is 23.6 Å². The van der Waals surface area contributed by atoms with Crippen molar-refractivity contribution in [2.75, 3.05) is 13.2 Å². The number of carbonyl (C=O) groups is 2. The molecule has 0 saturated carbocycles. The maximum absolute atomic E-state index is 12.5. The number of carboxylic acid groups (broad SMARTS) is 1. The molecule has 1 unspecified atom stereocenters. The van der Waals surface area contributed by atoms with Gasteiger partial charge >= 0.3 is 5.97 Å². The van der Waals surface area contributed by atoms with E-state index in [1.165, 1.54) is 11.8 Å². The predicted octanol–water partition coefficient (Wildman–Crippen LogP) is 2.31. The molecule has 1 aliphatic rings. The van der Waals surface area contributed by atoms with Crippen molar-refractivity contribution in [3.05, 3.63) is 30.3 Å². The molecule has 1 aromatic rings. The summed E-state index contributed by atoms with van der Waals surface area (Å²) in [5.41, 5.74) is -1.19. The van der Waals surface area contributed by atoms with Crippen molar-refractivity contribution in [2.24, 2.45) is 0 Å². The van der Waals surface area contributed by atoms with Crippen LogP contribution in [0.5, 0.6) is 0 Å². The fraction of sp³-hybridized carbons (Fsp3) is 0.500. The fourth-order valence-corrected chi connectivity index (χ4v) is 3.39. The molecule has 0 aromatic heterocycles. The van der Waals surface area contributed by atoms with Gasteiger partial charge in [-0.25, -0.2) is 4.79 Å². The molecule has 1 fully saturated rings. The molecule has 1 atom stereocenters. The number of benzene rings is 1. The second kappa shape index (κ2) is 7.65. The van der Waals surface area contributed by atoms with E-state index in [4.69, 9.17) is 4.74 Å². The summed E-state index contributed by atoms with van der Waals surface area (Å²) in [6, 6.07) is 9.66. The zero-order valence-electron chi connectivity index (χ0n) is 12.6. The molecular weight excluding hydrogens is 302 g/mol. The van der Waals surface area contributed by atoms with Crippen molar-refractivity contribution < 1.29 is 19.4 Å². The van der Waals surface area contributed by atoms with Crippen LogP contribution in [0.25, 0.3) is 0 Å². The molecule has 0 aliphatic carbocycles. The van der Waals surface area contributed by atoms with Crippen LogP contribution in [-0.4, -0.2) is 41.0 Å². The van der Waals surface area contributed by atoms with Crippen LogP contribution in [0.2, 0.25) is 0 Å². The van der Waals surface area contributed by atoms with E-state index in [1.54, 1.807) is 0 Å². The molecule has 120 valence electrons. The smallest absolute Gasteiger partial charge is 0.329 e. The minimum Gasteiger partial charge on any atom is -0.480 e. The molecule has 1 heterocycles. The lowest BCUT2D eigenvalue weighted by Crippen LogP contribution is -2.59. The number of thioether (sulfide) groups is 1. The van der Waals surface area contributed by atoms with Crippen molar-refractivity contribution in [2.45, 2.75) is 41.9 Å². The second-order valence-corrected chi connectivity index (χ2v) is 6.59. The van der Waals surface area contributed by atoms with Gasteiger partial charge in [0.2, 0.25) is 5.91 Å². The topological polar surface area (TPSA) is 75.6 Å². The van der Waals surface area contributed by atoms with Gasteiger partial charge < -0.3 is 15.2 Å². The summed E-state index contributed by atoms with van der Waals surface area (Å²) in [5, 5.41) is 12.0. The lowest BCUT2D eigenvalue weighted by molar-refractivity contribution is -0.152. The molecule has 0 spiro atoms. The van der Waals surface area contributed by atoms with Crippen LogP contribution in [-0.2, 0) is 14.3 Å². The van der Waals surface area contributed by atoms with Gasteiger partial charge in [0.15, 0.2) is 0 Å². The normalized spacial score (nSPS) is 18.4. The molecule has 2 rings (SSSR count). The van der Waals surface area contributed by atoms with Crippen LogP contribution in [0.15, 0.2) is 35.2 Å². The van der Waals surface area contributed by atoms with Crippen LogP contribution in [0.3, 0.4) is 0 Å². The highest BCUT2D eigenvalue weighted by molar-refractivity contribution is 8.00. The quantitative estimate of drug-likeness (QED) is 0.786. The Labute approximate surface area is 134 Å². The third kappa shape index (κ3) is 4.01. The average molecular weight is 323 g/mol. The monoisotopic (exact) mass is 323 g/mol. The summed E-state index contributed by atoms with van der Waals surface area (Å²) in [4.78, 5) is 25.1. The summed E-state index contributed by atoms with van der Waals surface area (Å²) in [6.07, 6.45) is 1.25. The van der Waals surface area contributed by atoms with Gasteiger partial charge in [-0.05, 0) is 18.6 Å². The van der Waals surface area contributed by atoms with Crippen molar-refractivity contribution in [3.63, 3.8) is 0 Å². The van der Waals surface area contributed by atoms with E-state index in [1.807, 2.05) is 37.3 Å². The van der Waals surface area contributed by atoms with Crippen LogP contribution in [0.1, 0.15) is 26.2 Å². The maximum Gasteiger partial charge on any atom is 0.329 e. The number of hydrogen-bond donors (Lipinski definition) is 2. The average Bonchev–Trinajstić information content (AvgIpc) is 2.54. The summed E-state index contributed by atoms with van der Waals surface area (Å²) >= 11 is 1.46. The highest BCUT2D eigenvalue weighted by atomic mass is 32.2. The molecule has 0 bridgehead atoms. The molecule has 2 N–H and O–H groups in total. The SMILES string of the molecule is CCC(Sc1ccccc1)C(=O)NC1(C(=O)O)CCOCC1. The van der Waals surface area contributed by atoms with E-state index in [0.717, 1.165) is 4.90 Å². The van der Waals surface area contributed by atoms with Gasteiger partial charge in [0.25, 0.3) is 0 Å². The van der Waals surface area contributed by atoms with Gasteiger partial charge in [0, 0.05) is 31.0 Å². The number of amides is 1. The molecule has 5 nitrogen and oxygen atoms in total. The van der Waals surface area contributed by atoms with Crippen molar-refractivity contribution in [1.82, 2.24) is 5.32 Å². The van der Waals surface area contributed by atoms with E-state index < -0.39 is 11.5 Å². The molecule has 22 heavy (non-hydrogen) atoms. The minimum atomic E-state index is -1.19. The number of ether oxygens (including phenoxy) is 1. The zero-order valence-corrected chi connectivity index (χ0v) is 13.4. The zero-order chi connectivity index (χ0) is 16.0. The predicted molar refractivity (Wildman–Crippen MR) is 84.9 cm³/mol. The van der Waals surface area contributed by atoms with E-state index >= 15 is 0 Å². The summed E-state index contributed by atoms with van der Waals surface area (Å²) in [7, 11) is 0. The summed E-state index contributed by atoms with van der Waals surface area (Å²) in [6.45, 7) is 2.64. The first-order chi connectivity index (χ1) is 10.6. The Balaban J connectivity index is 2.06. The Morgan fingerprint density at radius 1 is 1.32 bits per heavy atom. The lowest BCUT2D eigenvalue weighted by atomic mass is 9.90. The number of carbonyl (C=O) groups excluding carboxylic acids is 1. The van der Waals surface area contributed by atoms with Gasteiger partial charge in [-0.1, -0.05) is 25.1 Å². The number of nitrogens with one attached hydrogen (secondary N) is 1. The third-order valence-corrected chi connectivity index (χ3v) is 5.18. The maximum atomic E-state index is 12.5. The van der Waals surface area contributed by atoms with Crippen molar-refractivity contribution in [3.8, 4) is 0 Å². The van der Waals surface area contributed by atoms with E-state index in [-0.39, 0.29) is 11.2 Å². The molecule has 1 amide bonds. The van der Waals surface area contributed by atoms with Gasteiger partial charge in [0.1, 0.15) is 5.54 Å². The van der Waals surface area contributed by atoms with Gasteiger partial charge in [-0.2, -0.15) is 0 Å². The lowest BCUT2D eigenvalue weighted by Gasteiger charge is -2.34. The summed E-state index contributed by atoms with van der Waals surface area (Å²) in [5.74, 6) is -1.20. The van der Waals surface area contributed by atoms with E-state index in [9.17, 15) is 14.7 Å². The van der Waals surface area contributed by atoms with Crippen LogP contribution < -0.4 is 5.32 Å². The first-order valence-electron chi connectivity index (χ1n) is 7.42. The first kappa shape index (κ1) is 16.8. The minimum absolute atomic E-state index is 0.222. The Morgan fingerprint density at radius 3 is 2.50 bits per heavy atom. The largest absolute Gasteiger partial charge is 0.480 e. The first-order valence-corrected chi connectivity index (χ1v) is 8.30. The van der Waals surface area contributed by atoms with E-state index in [2.05, 4.69) is 5.32 Å². The molecule has 1 saturated heterocycles. The van der Waals surface area contributed by atoms with Crippen molar-refractivity contribution in [1.29, 1.82) is 0 Å². The highest BCUT2D eigenvalue weighted by Crippen LogP contribution is 2.27. The van der Waals surface area contributed by atoms with Crippen LogP contribution in [0, 0.1) is 0 Å². The molecule has 6 heteroatoms. The van der Waals surface area contributed by atoms with E-state index in [0.29, 0.717) is 32.5 Å². The number of carboxylic acids is 1. The number of hydrogen-bond acceptors (Lipinski definition) is 4. The standard InChI is InChI=1S/C16H21NO4S/c1-2-13(22-12-6-4-3-5-7-12)14(18)17-16(15(19)20)8-10-21-11-9-16/h3-7,13H,2,8-11H2,1H3,(H,17,18)(H,19,20). The fourth-order valence-electron chi connectivity index (χ4n) is 2.41. The van der Waals surface area contributed by atoms with Gasteiger partial charge in [-0.15, -0.1) is 11.8 Å². The number of aliphatic carboxylic acids is 1. The Kier molecular flexibility index (Phi) is 5.85. The van der Waals surface area contributed by atoms with Crippen LogP contribution >= 0.6 is 11.8 Å². The Morgan fingerprint density at radius 2 is 1.95 bits per heavy atom. The second-order valence-electron chi connectivity index (χ2n) is 5.32. The molecule has 1 aliphatic heterocycles.